The van der Waals surface area contributed by atoms with Crippen molar-refractivity contribution >= 4 is 17.9 Å². The first-order valence-corrected chi connectivity index (χ1v) is 5.77. The van der Waals surface area contributed by atoms with Gasteiger partial charge >= 0.3 is 17.9 Å². The maximum Gasteiger partial charge on any atom is 0.338 e. The molecule has 0 amide bonds. The van der Waals surface area contributed by atoms with Crippen LogP contribution in [-0.2, 0) is 33.3 Å². The summed E-state index contributed by atoms with van der Waals surface area (Å²) < 4.78 is 19.1. The third kappa shape index (κ3) is 4.34. The summed E-state index contributed by atoms with van der Waals surface area (Å²) in [6.07, 6.45) is 4.67. The van der Waals surface area contributed by atoms with E-state index in [9.17, 15) is 14.4 Å². The van der Waals surface area contributed by atoms with Crippen LogP contribution in [0.3, 0.4) is 0 Å². The van der Waals surface area contributed by atoms with Crippen molar-refractivity contribution in [2.24, 2.45) is 0 Å². The second-order valence-corrected chi connectivity index (χ2v) is 3.65. The number of esters is 3. The summed E-state index contributed by atoms with van der Waals surface area (Å²) in [5, 5.41) is 0. The largest absolute Gasteiger partial charge is 0.466 e. The highest BCUT2D eigenvalue weighted by atomic mass is 16.6. The quantitative estimate of drug-likeness (QED) is 0.420. The molecule has 0 aromatic carbocycles. The van der Waals surface area contributed by atoms with Crippen LogP contribution in [0.25, 0.3) is 0 Å². The van der Waals surface area contributed by atoms with Crippen molar-refractivity contribution in [3.05, 3.63) is 48.0 Å². The normalized spacial score (nSPS) is 13.5. The standard InChI is InChI=1S/C14H14O7/c1-4-12(15)21-8-9-7-11(14(17)19-3)10(5-6-20-9)13(16)18-2/h4-7H,1,8H2,2-3H3. The highest BCUT2D eigenvalue weighted by molar-refractivity contribution is 6.04. The fourth-order valence-electron chi connectivity index (χ4n) is 1.40. The Morgan fingerprint density at radius 3 is 2.38 bits per heavy atom. The molecule has 1 rings (SSSR count). The summed E-state index contributed by atoms with van der Waals surface area (Å²) in [5.74, 6) is -1.99. The summed E-state index contributed by atoms with van der Waals surface area (Å²) in [6.45, 7) is 3.02. The zero-order valence-corrected chi connectivity index (χ0v) is 11.6. The lowest BCUT2D eigenvalue weighted by atomic mass is 10.1. The van der Waals surface area contributed by atoms with Gasteiger partial charge in [-0.05, 0) is 12.2 Å². The van der Waals surface area contributed by atoms with Gasteiger partial charge in [0.1, 0.15) is 12.4 Å². The molecule has 7 nitrogen and oxygen atoms in total. The van der Waals surface area contributed by atoms with Crippen molar-refractivity contribution in [1.82, 2.24) is 0 Å². The van der Waals surface area contributed by atoms with Crippen LogP contribution in [0.1, 0.15) is 0 Å². The molecule has 1 aliphatic rings. The Morgan fingerprint density at radius 2 is 1.81 bits per heavy atom. The van der Waals surface area contributed by atoms with E-state index in [1.807, 2.05) is 0 Å². The lowest BCUT2D eigenvalue weighted by Crippen LogP contribution is -2.13. The number of carbonyl (C=O) groups is 3. The van der Waals surface area contributed by atoms with Crippen LogP contribution in [0, 0.1) is 0 Å². The van der Waals surface area contributed by atoms with E-state index in [1.54, 1.807) is 0 Å². The van der Waals surface area contributed by atoms with Crippen LogP contribution in [0.5, 0.6) is 0 Å². The highest BCUT2D eigenvalue weighted by Crippen LogP contribution is 2.19. The first-order chi connectivity index (χ1) is 10.0. The van der Waals surface area contributed by atoms with Gasteiger partial charge in [0.25, 0.3) is 0 Å². The van der Waals surface area contributed by atoms with Crippen molar-refractivity contribution < 1.29 is 33.3 Å². The van der Waals surface area contributed by atoms with Gasteiger partial charge in [-0.3, -0.25) is 0 Å². The van der Waals surface area contributed by atoms with Gasteiger partial charge in [-0.1, -0.05) is 6.58 Å². The van der Waals surface area contributed by atoms with Gasteiger partial charge in [0, 0.05) is 6.08 Å². The number of hydrogen-bond donors (Lipinski definition) is 0. The summed E-state index contributed by atoms with van der Waals surface area (Å²) in [7, 11) is 2.35. The minimum atomic E-state index is -0.752. The monoisotopic (exact) mass is 294 g/mol. The van der Waals surface area contributed by atoms with Gasteiger partial charge in [0.2, 0.25) is 0 Å². The van der Waals surface area contributed by atoms with Crippen LogP contribution in [-0.4, -0.2) is 38.7 Å². The van der Waals surface area contributed by atoms with Gasteiger partial charge in [-0.25, -0.2) is 14.4 Å². The SMILES string of the molecule is C=CC(=O)OCC1=CC(C(=O)OC)=C(C(=O)OC)C=CO1. The molecule has 0 unspecified atom stereocenters. The second-order valence-electron chi connectivity index (χ2n) is 3.65. The Bertz CT molecular complexity index is 552. The molecular weight excluding hydrogens is 280 g/mol. The van der Waals surface area contributed by atoms with Gasteiger partial charge in [-0.15, -0.1) is 0 Å². The molecule has 0 aliphatic carbocycles. The maximum atomic E-state index is 11.7. The van der Waals surface area contributed by atoms with Gasteiger partial charge < -0.3 is 18.9 Å². The van der Waals surface area contributed by atoms with Crippen LogP contribution >= 0.6 is 0 Å². The Labute approximate surface area is 121 Å². The third-order valence-electron chi connectivity index (χ3n) is 2.38. The molecule has 0 bridgehead atoms. The number of methoxy groups -OCH3 is 2. The van der Waals surface area contributed by atoms with E-state index in [2.05, 4.69) is 16.1 Å². The molecule has 0 saturated carbocycles. The third-order valence-corrected chi connectivity index (χ3v) is 2.38. The Morgan fingerprint density at radius 1 is 1.19 bits per heavy atom. The maximum absolute atomic E-state index is 11.7. The van der Waals surface area contributed by atoms with Crippen LogP contribution in [0.2, 0.25) is 0 Å². The van der Waals surface area contributed by atoms with Crippen molar-refractivity contribution in [2.75, 3.05) is 20.8 Å². The van der Waals surface area contributed by atoms with Crippen LogP contribution < -0.4 is 0 Å². The average molecular weight is 294 g/mol. The van der Waals surface area contributed by atoms with Crippen molar-refractivity contribution in [3.8, 4) is 0 Å². The van der Waals surface area contributed by atoms with Crippen molar-refractivity contribution in [2.45, 2.75) is 0 Å². The molecule has 1 heterocycles. The lowest BCUT2D eigenvalue weighted by molar-refractivity contribution is -0.138. The van der Waals surface area contributed by atoms with E-state index in [0.717, 1.165) is 6.08 Å². The molecule has 21 heavy (non-hydrogen) atoms. The first kappa shape index (κ1) is 16.2. The molecule has 0 saturated heterocycles. The molecule has 0 aromatic heterocycles. The predicted octanol–water partition coefficient (Wildman–Crippen LogP) is 0.786. The zero-order valence-electron chi connectivity index (χ0n) is 11.6. The van der Waals surface area contributed by atoms with E-state index < -0.39 is 17.9 Å². The second kappa shape index (κ2) is 7.68. The summed E-state index contributed by atoms with van der Waals surface area (Å²) >= 11 is 0. The molecule has 112 valence electrons. The molecule has 0 radical (unpaired) electrons. The fraction of sp³-hybridized carbons (Fsp3) is 0.214. The molecule has 0 N–H and O–H groups in total. The molecule has 7 heteroatoms. The molecule has 1 aliphatic heterocycles. The lowest BCUT2D eigenvalue weighted by Gasteiger charge is -2.07. The number of ether oxygens (including phenoxy) is 4. The summed E-state index contributed by atoms with van der Waals surface area (Å²) in [4.78, 5) is 34.4. The van der Waals surface area contributed by atoms with Crippen LogP contribution in [0.15, 0.2) is 48.0 Å². The fourth-order valence-corrected chi connectivity index (χ4v) is 1.40. The first-order valence-electron chi connectivity index (χ1n) is 5.77. The van der Waals surface area contributed by atoms with Crippen molar-refractivity contribution in [1.29, 1.82) is 0 Å². The van der Waals surface area contributed by atoms with E-state index in [1.165, 1.54) is 32.6 Å². The molecule has 0 aromatic rings. The summed E-state index contributed by atoms with van der Waals surface area (Å²) in [5.41, 5.74) is -0.0999. The van der Waals surface area contributed by atoms with E-state index >= 15 is 0 Å². The van der Waals surface area contributed by atoms with Gasteiger partial charge in [0.15, 0.2) is 0 Å². The Balaban J connectivity index is 3.12. The Hall–Kier alpha value is -2.83. The van der Waals surface area contributed by atoms with E-state index in [0.29, 0.717) is 0 Å². The molecule has 0 atom stereocenters. The predicted molar refractivity (Wildman–Crippen MR) is 70.5 cm³/mol. The molecule has 0 fully saturated rings. The molecule has 0 spiro atoms. The number of hydrogen-bond acceptors (Lipinski definition) is 7. The van der Waals surface area contributed by atoms with Gasteiger partial charge in [0.05, 0.1) is 31.6 Å². The zero-order chi connectivity index (χ0) is 15.8. The van der Waals surface area contributed by atoms with E-state index in [4.69, 9.17) is 9.47 Å². The number of carbonyl (C=O) groups excluding carboxylic acids is 3. The Kier molecular flexibility index (Phi) is 5.94. The topological polar surface area (TPSA) is 88.1 Å². The average Bonchev–Trinajstić information content (AvgIpc) is 2.73. The van der Waals surface area contributed by atoms with Gasteiger partial charge in [-0.2, -0.15) is 0 Å². The van der Waals surface area contributed by atoms with Crippen molar-refractivity contribution in [3.63, 3.8) is 0 Å². The van der Waals surface area contributed by atoms with Crippen LogP contribution in [0.4, 0.5) is 0 Å². The van der Waals surface area contributed by atoms with E-state index in [-0.39, 0.29) is 23.5 Å². The highest BCUT2D eigenvalue weighted by Gasteiger charge is 2.22. The smallest absolute Gasteiger partial charge is 0.338 e. The number of rotatable bonds is 5. The minimum absolute atomic E-state index is 0.0330. The molecular formula is C14H14O7. The summed E-state index contributed by atoms with van der Waals surface area (Å²) in [6, 6.07) is 0. The minimum Gasteiger partial charge on any atom is -0.466 e.